The van der Waals surface area contributed by atoms with Gasteiger partial charge in [-0.15, -0.1) is 0 Å². The molecule has 1 amide bonds. The number of halogens is 1. The summed E-state index contributed by atoms with van der Waals surface area (Å²) in [5, 5.41) is 13.4. The fourth-order valence-corrected chi connectivity index (χ4v) is 3.75. The maximum Gasteiger partial charge on any atom is 0.269 e. The molecule has 0 aliphatic rings. The molecule has 31 heavy (non-hydrogen) atoms. The number of imidazole rings is 1. The first kappa shape index (κ1) is 20.2. The van der Waals surface area contributed by atoms with E-state index in [0.717, 1.165) is 6.07 Å². The molecule has 0 saturated carbocycles. The second kappa shape index (κ2) is 7.31. The smallest absolute Gasteiger partial charge is 0.269 e. The van der Waals surface area contributed by atoms with Crippen LogP contribution in [0.4, 0.5) is 10.1 Å². The van der Waals surface area contributed by atoms with Crippen LogP contribution in [-0.4, -0.2) is 32.0 Å². The highest BCUT2D eigenvalue weighted by atomic mass is 19.1. The second-order valence-corrected chi connectivity index (χ2v) is 6.99. The number of non-ortho nitro benzene ring substituents is 1. The molecule has 2 heterocycles. The third kappa shape index (κ3) is 3.03. The van der Waals surface area contributed by atoms with Gasteiger partial charge in [-0.1, -0.05) is 0 Å². The lowest BCUT2D eigenvalue weighted by molar-refractivity contribution is -0.384. The van der Waals surface area contributed by atoms with Gasteiger partial charge in [0, 0.05) is 44.5 Å². The van der Waals surface area contributed by atoms with Crippen molar-refractivity contribution in [2.24, 2.45) is 7.05 Å². The van der Waals surface area contributed by atoms with Crippen LogP contribution in [0.3, 0.4) is 0 Å². The standard InChI is InChI=1S/C21H18FN5O4/c1-4-26-10-14(21(29)23-2)19(28)13-9-15(22)18-16(17(13)26)24-20(25(18)3)11-5-7-12(8-6-11)27(30)31/h5-10H,4H2,1-3H3,(H,23,29). The first-order valence-corrected chi connectivity index (χ1v) is 9.47. The van der Waals surface area contributed by atoms with Crippen molar-refractivity contribution in [3.05, 3.63) is 68.2 Å². The predicted molar refractivity (Wildman–Crippen MR) is 114 cm³/mol. The molecule has 0 aliphatic carbocycles. The number of fused-ring (bicyclic) bond motifs is 3. The molecule has 4 rings (SSSR count). The van der Waals surface area contributed by atoms with E-state index in [0.29, 0.717) is 23.4 Å². The van der Waals surface area contributed by atoms with Gasteiger partial charge in [-0.05, 0) is 25.1 Å². The first-order valence-electron chi connectivity index (χ1n) is 9.47. The molecular weight excluding hydrogens is 405 g/mol. The number of carbonyl (C=O) groups is 1. The van der Waals surface area contributed by atoms with Crippen molar-refractivity contribution in [1.29, 1.82) is 0 Å². The van der Waals surface area contributed by atoms with Gasteiger partial charge in [0.15, 0.2) is 0 Å². The van der Waals surface area contributed by atoms with Crippen molar-refractivity contribution in [3.8, 4) is 11.4 Å². The summed E-state index contributed by atoms with van der Waals surface area (Å²) in [7, 11) is 3.05. The Bertz CT molecular complexity index is 1440. The zero-order chi connectivity index (χ0) is 22.4. The summed E-state index contributed by atoms with van der Waals surface area (Å²) in [6.07, 6.45) is 1.45. The van der Waals surface area contributed by atoms with Crippen molar-refractivity contribution in [2.75, 3.05) is 7.05 Å². The van der Waals surface area contributed by atoms with Crippen LogP contribution in [0.5, 0.6) is 0 Å². The summed E-state index contributed by atoms with van der Waals surface area (Å²) < 4.78 is 18.3. The van der Waals surface area contributed by atoms with Gasteiger partial charge in [-0.25, -0.2) is 9.37 Å². The summed E-state index contributed by atoms with van der Waals surface area (Å²) in [6.45, 7) is 2.26. The molecule has 9 nitrogen and oxygen atoms in total. The van der Waals surface area contributed by atoms with Crippen LogP contribution in [0.1, 0.15) is 17.3 Å². The quantitative estimate of drug-likeness (QED) is 0.401. The van der Waals surface area contributed by atoms with Gasteiger partial charge in [0.1, 0.15) is 28.2 Å². The van der Waals surface area contributed by atoms with Gasteiger partial charge in [-0.2, -0.15) is 0 Å². The first-order chi connectivity index (χ1) is 14.8. The Morgan fingerprint density at radius 1 is 1.26 bits per heavy atom. The number of aromatic nitrogens is 3. The van der Waals surface area contributed by atoms with Crippen molar-refractivity contribution in [2.45, 2.75) is 13.5 Å². The molecule has 2 aromatic carbocycles. The number of aryl methyl sites for hydroxylation is 2. The summed E-state index contributed by atoms with van der Waals surface area (Å²) in [4.78, 5) is 40.0. The number of pyridine rings is 1. The van der Waals surface area contributed by atoms with E-state index in [4.69, 9.17) is 0 Å². The lowest BCUT2D eigenvalue weighted by atomic mass is 10.1. The average Bonchev–Trinajstić information content (AvgIpc) is 3.11. The normalized spacial score (nSPS) is 11.2. The lowest BCUT2D eigenvalue weighted by Crippen LogP contribution is -2.27. The molecule has 1 N–H and O–H groups in total. The molecule has 0 bridgehead atoms. The highest BCUT2D eigenvalue weighted by molar-refractivity contribution is 6.06. The van der Waals surface area contributed by atoms with Crippen LogP contribution < -0.4 is 10.7 Å². The fourth-order valence-electron chi connectivity index (χ4n) is 3.75. The Kier molecular flexibility index (Phi) is 4.77. The summed E-state index contributed by atoms with van der Waals surface area (Å²) in [6, 6.07) is 6.90. The molecule has 10 heteroatoms. The number of carbonyl (C=O) groups excluding carboxylic acids is 1. The molecule has 0 unspecified atom stereocenters. The van der Waals surface area contributed by atoms with E-state index >= 15 is 4.39 Å². The van der Waals surface area contributed by atoms with Crippen LogP contribution in [0.15, 0.2) is 41.3 Å². The Hall–Kier alpha value is -4.08. The van der Waals surface area contributed by atoms with Gasteiger partial charge in [0.25, 0.3) is 11.6 Å². The number of nitro groups is 1. The van der Waals surface area contributed by atoms with Gasteiger partial charge >= 0.3 is 0 Å². The van der Waals surface area contributed by atoms with E-state index in [-0.39, 0.29) is 27.7 Å². The van der Waals surface area contributed by atoms with E-state index in [9.17, 15) is 19.7 Å². The van der Waals surface area contributed by atoms with Crippen LogP contribution in [0.2, 0.25) is 0 Å². The maximum absolute atomic E-state index is 15.1. The van der Waals surface area contributed by atoms with Crippen molar-refractivity contribution < 1.29 is 14.1 Å². The Morgan fingerprint density at radius 2 is 1.94 bits per heavy atom. The predicted octanol–water partition coefficient (Wildman–Crippen LogP) is 2.98. The van der Waals surface area contributed by atoms with Crippen LogP contribution >= 0.6 is 0 Å². The molecule has 0 radical (unpaired) electrons. The Balaban J connectivity index is 2.07. The number of hydrogen-bond donors (Lipinski definition) is 1. The third-order valence-corrected chi connectivity index (χ3v) is 5.28. The number of rotatable bonds is 4. The topological polar surface area (TPSA) is 112 Å². The maximum atomic E-state index is 15.1. The zero-order valence-corrected chi connectivity index (χ0v) is 17.0. The molecule has 0 fully saturated rings. The third-order valence-electron chi connectivity index (χ3n) is 5.28. The van der Waals surface area contributed by atoms with Gasteiger partial charge in [0.05, 0.1) is 15.8 Å². The number of nitrogens with one attached hydrogen (secondary N) is 1. The highest BCUT2D eigenvalue weighted by Gasteiger charge is 2.22. The summed E-state index contributed by atoms with van der Waals surface area (Å²) in [5.41, 5.74) is 0.707. The summed E-state index contributed by atoms with van der Waals surface area (Å²) in [5.74, 6) is -0.816. The monoisotopic (exact) mass is 423 g/mol. The molecule has 0 spiro atoms. The minimum absolute atomic E-state index is 0.0568. The largest absolute Gasteiger partial charge is 0.355 e. The molecular formula is C21H18FN5O4. The van der Waals surface area contributed by atoms with E-state index in [2.05, 4.69) is 10.3 Å². The van der Waals surface area contributed by atoms with E-state index in [1.54, 1.807) is 16.2 Å². The Morgan fingerprint density at radius 3 is 2.52 bits per heavy atom. The van der Waals surface area contributed by atoms with E-state index in [1.165, 1.54) is 37.5 Å². The van der Waals surface area contributed by atoms with E-state index in [1.807, 2.05) is 6.92 Å². The van der Waals surface area contributed by atoms with Crippen molar-refractivity contribution in [3.63, 3.8) is 0 Å². The van der Waals surface area contributed by atoms with Crippen LogP contribution in [0, 0.1) is 15.9 Å². The SMILES string of the molecule is CCn1cc(C(=O)NC)c(=O)c2cc(F)c3c(nc(-c4ccc([N+](=O)[O-])cc4)n3C)c21. The number of amides is 1. The van der Waals surface area contributed by atoms with Gasteiger partial charge < -0.3 is 14.5 Å². The Labute approximate surface area is 174 Å². The lowest BCUT2D eigenvalue weighted by Gasteiger charge is -2.12. The average molecular weight is 423 g/mol. The molecule has 0 saturated heterocycles. The van der Waals surface area contributed by atoms with Crippen molar-refractivity contribution >= 4 is 33.5 Å². The van der Waals surface area contributed by atoms with Crippen LogP contribution in [0.25, 0.3) is 33.3 Å². The fraction of sp³-hybridized carbons (Fsp3) is 0.190. The molecule has 2 aromatic heterocycles. The molecule has 0 atom stereocenters. The molecule has 158 valence electrons. The van der Waals surface area contributed by atoms with Crippen molar-refractivity contribution in [1.82, 2.24) is 19.4 Å². The number of nitrogens with zero attached hydrogens (tertiary/aromatic N) is 4. The molecule has 0 aliphatic heterocycles. The number of benzene rings is 2. The number of hydrogen-bond acceptors (Lipinski definition) is 5. The van der Waals surface area contributed by atoms with E-state index < -0.39 is 22.1 Å². The number of nitro benzene ring substituents is 1. The minimum atomic E-state index is -0.653. The zero-order valence-electron chi connectivity index (χ0n) is 17.0. The highest BCUT2D eigenvalue weighted by Crippen LogP contribution is 2.31. The van der Waals surface area contributed by atoms with Gasteiger partial charge in [-0.3, -0.25) is 19.7 Å². The second-order valence-electron chi connectivity index (χ2n) is 6.99. The summed E-state index contributed by atoms with van der Waals surface area (Å²) >= 11 is 0. The molecule has 4 aromatic rings. The minimum Gasteiger partial charge on any atom is -0.355 e. The van der Waals surface area contributed by atoms with Gasteiger partial charge in [0.2, 0.25) is 5.43 Å². The van der Waals surface area contributed by atoms with Crippen LogP contribution in [-0.2, 0) is 13.6 Å².